The van der Waals surface area contributed by atoms with E-state index < -0.39 is 46.7 Å². The highest BCUT2D eigenvalue weighted by molar-refractivity contribution is 5.78. The van der Waals surface area contributed by atoms with Crippen molar-refractivity contribution >= 4 is 17.1 Å². The Morgan fingerprint density at radius 2 is 1.58 bits per heavy atom. The van der Waals surface area contributed by atoms with Gasteiger partial charge in [0.05, 0.1) is 5.56 Å². The summed E-state index contributed by atoms with van der Waals surface area (Å²) in [7, 11) is 0. The first kappa shape index (κ1) is 24.7. The number of benzene rings is 2. The van der Waals surface area contributed by atoms with E-state index in [9.17, 15) is 40.3 Å². The van der Waals surface area contributed by atoms with E-state index in [1.165, 1.54) is 18.2 Å². The number of hydrogen-bond acceptors (Lipinski definition) is 8. The Kier molecular flexibility index (Phi) is 6.16. The summed E-state index contributed by atoms with van der Waals surface area (Å²) in [5, 5.41) is 8.36. The average Bonchev–Trinajstić information content (AvgIpc) is 3.29. The van der Waals surface area contributed by atoms with Gasteiger partial charge in [-0.15, -0.1) is 13.2 Å². The molecule has 188 valence electrons. The van der Waals surface area contributed by atoms with Crippen molar-refractivity contribution in [3.05, 3.63) is 80.2 Å². The van der Waals surface area contributed by atoms with Crippen LogP contribution < -0.4 is 26.2 Å². The van der Waals surface area contributed by atoms with Crippen LogP contribution in [0.5, 0.6) is 5.75 Å². The molecule has 0 aliphatic heterocycles. The first-order chi connectivity index (χ1) is 16.8. The van der Waals surface area contributed by atoms with Gasteiger partial charge in [0.2, 0.25) is 5.82 Å². The SMILES string of the molecule is O=c1c(NCc2ccc(-c3noc(C(F)(F)F)n3)c(F)c2)c(Nc2ccc(OC(F)(F)F)cc2)c1=O. The smallest absolute Gasteiger partial charge is 0.406 e. The molecule has 0 radical (unpaired) electrons. The summed E-state index contributed by atoms with van der Waals surface area (Å²) in [6, 6.07) is 7.79. The van der Waals surface area contributed by atoms with Gasteiger partial charge in [-0.1, -0.05) is 11.2 Å². The third-order valence-corrected chi connectivity index (χ3v) is 4.68. The summed E-state index contributed by atoms with van der Waals surface area (Å²) in [5.74, 6) is -3.70. The molecule has 36 heavy (non-hydrogen) atoms. The monoisotopic (exact) mass is 516 g/mol. The number of nitrogens with zero attached hydrogens (tertiary/aromatic N) is 2. The summed E-state index contributed by atoms with van der Waals surface area (Å²) >= 11 is 0. The fourth-order valence-electron chi connectivity index (χ4n) is 3.05. The standard InChI is InChI=1S/C21H11F7N4O4/c22-13-7-9(1-6-12(13)18-31-19(36-32-18)20(23,24)25)8-29-14-15(17(34)16(14)33)30-10-2-4-11(5-3-10)35-21(26,27)28/h1-7,29-30H,8H2. The van der Waals surface area contributed by atoms with Crippen molar-refractivity contribution in [2.75, 3.05) is 10.6 Å². The highest BCUT2D eigenvalue weighted by atomic mass is 19.4. The Bertz CT molecular complexity index is 1470. The minimum Gasteiger partial charge on any atom is -0.406 e. The Hall–Kier alpha value is -4.43. The van der Waals surface area contributed by atoms with E-state index in [4.69, 9.17) is 0 Å². The molecule has 2 N–H and O–H groups in total. The van der Waals surface area contributed by atoms with Crippen LogP contribution in [-0.4, -0.2) is 16.5 Å². The minimum atomic E-state index is -4.89. The van der Waals surface area contributed by atoms with Gasteiger partial charge in [0.15, 0.2) is 0 Å². The molecule has 0 atom stereocenters. The average molecular weight is 516 g/mol. The highest BCUT2D eigenvalue weighted by Gasteiger charge is 2.38. The van der Waals surface area contributed by atoms with Crippen molar-refractivity contribution in [1.29, 1.82) is 0 Å². The number of aromatic nitrogens is 2. The second kappa shape index (κ2) is 8.98. The maximum atomic E-state index is 14.4. The molecule has 0 bridgehead atoms. The minimum absolute atomic E-state index is 0.145. The Morgan fingerprint density at radius 3 is 2.17 bits per heavy atom. The van der Waals surface area contributed by atoms with Crippen LogP contribution in [0.4, 0.5) is 47.8 Å². The topological polar surface area (TPSA) is 106 Å². The molecule has 0 saturated carbocycles. The summed E-state index contributed by atoms with van der Waals surface area (Å²) in [6.07, 6.45) is -9.77. The van der Waals surface area contributed by atoms with Gasteiger partial charge in [-0.25, -0.2) is 4.39 Å². The number of ether oxygens (including phenoxy) is 1. The molecule has 4 aromatic rings. The Balaban J connectivity index is 1.44. The molecule has 4 rings (SSSR count). The van der Waals surface area contributed by atoms with Crippen LogP contribution in [0.15, 0.2) is 56.6 Å². The van der Waals surface area contributed by atoms with Crippen molar-refractivity contribution in [3.8, 4) is 17.1 Å². The Morgan fingerprint density at radius 1 is 0.917 bits per heavy atom. The number of alkyl halides is 6. The lowest BCUT2D eigenvalue weighted by Gasteiger charge is -2.15. The van der Waals surface area contributed by atoms with E-state index in [0.717, 1.165) is 24.3 Å². The van der Waals surface area contributed by atoms with Crippen LogP contribution in [0.2, 0.25) is 0 Å². The lowest BCUT2D eigenvalue weighted by Crippen LogP contribution is -2.36. The zero-order valence-electron chi connectivity index (χ0n) is 17.4. The molecule has 0 aliphatic carbocycles. The second-order valence-electron chi connectivity index (χ2n) is 7.19. The summed E-state index contributed by atoms with van der Waals surface area (Å²) in [6.45, 7) is -0.158. The molecule has 0 saturated heterocycles. The lowest BCUT2D eigenvalue weighted by atomic mass is 10.1. The molecule has 0 amide bonds. The van der Waals surface area contributed by atoms with Gasteiger partial charge in [-0.2, -0.15) is 18.2 Å². The van der Waals surface area contributed by atoms with Gasteiger partial charge in [-0.05, 0) is 42.0 Å². The molecule has 0 fully saturated rings. The summed E-state index contributed by atoms with van der Waals surface area (Å²) < 4.78 is 96.8. The van der Waals surface area contributed by atoms with E-state index >= 15 is 0 Å². The first-order valence-corrected chi connectivity index (χ1v) is 9.71. The number of hydrogen-bond donors (Lipinski definition) is 2. The summed E-state index contributed by atoms with van der Waals surface area (Å²) in [5.41, 5.74) is -1.98. The van der Waals surface area contributed by atoms with Crippen LogP contribution in [0.25, 0.3) is 11.4 Å². The molecule has 1 heterocycles. The predicted molar refractivity (Wildman–Crippen MR) is 110 cm³/mol. The van der Waals surface area contributed by atoms with Gasteiger partial charge < -0.3 is 19.9 Å². The Labute approximate surface area is 195 Å². The highest BCUT2D eigenvalue weighted by Crippen LogP contribution is 2.31. The maximum Gasteiger partial charge on any atom is 0.573 e. The van der Waals surface area contributed by atoms with E-state index in [-0.39, 0.29) is 34.7 Å². The molecular formula is C21H11F7N4O4. The van der Waals surface area contributed by atoms with Crippen LogP contribution in [0, 0.1) is 5.82 Å². The summed E-state index contributed by atoms with van der Waals surface area (Å²) in [4.78, 5) is 27.0. The van der Waals surface area contributed by atoms with E-state index in [1.807, 2.05) is 0 Å². The van der Waals surface area contributed by atoms with Crippen LogP contribution in [0.1, 0.15) is 11.5 Å². The zero-order valence-corrected chi connectivity index (χ0v) is 17.4. The van der Waals surface area contributed by atoms with Gasteiger partial charge >= 0.3 is 18.4 Å². The van der Waals surface area contributed by atoms with Gasteiger partial charge in [-0.3, -0.25) is 9.59 Å². The number of rotatable bonds is 7. The second-order valence-corrected chi connectivity index (χ2v) is 7.19. The molecule has 1 aromatic heterocycles. The number of halogens is 7. The third-order valence-electron chi connectivity index (χ3n) is 4.68. The zero-order chi connectivity index (χ0) is 26.3. The molecule has 15 heteroatoms. The fourth-order valence-corrected chi connectivity index (χ4v) is 3.05. The van der Waals surface area contributed by atoms with Crippen LogP contribution in [0.3, 0.4) is 0 Å². The predicted octanol–water partition coefficient (Wildman–Crippen LogP) is 4.74. The number of anilines is 3. The van der Waals surface area contributed by atoms with E-state index in [2.05, 4.69) is 30.0 Å². The van der Waals surface area contributed by atoms with Gasteiger partial charge in [0.25, 0.3) is 10.9 Å². The van der Waals surface area contributed by atoms with Crippen LogP contribution in [-0.2, 0) is 12.7 Å². The first-order valence-electron chi connectivity index (χ1n) is 9.71. The van der Waals surface area contributed by atoms with Gasteiger partial charge in [0.1, 0.15) is 22.9 Å². The molecule has 0 aliphatic rings. The van der Waals surface area contributed by atoms with E-state index in [1.54, 1.807) is 0 Å². The van der Waals surface area contributed by atoms with Crippen LogP contribution >= 0.6 is 0 Å². The molecule has 3 aromatic carbocycles. The third kappa shape index (κ3) is 5.29. The molecule has 0 spiro atoms. The van der Waals surface area contributed by atoms with Gasteiger partial charge in [0, 0.05) is 12.2 Å². The molecule has 8 nitrogen and oxygen atoms in total. The quantitative estimate of drug-likeness (QED) is 0.268. The largest absolute Gasteiger partial charge is 0.573 e. The number of nitrogens with one attached hydrogen (secondary N) is 2. The fraction of sp³-hybridized carbons (Fsp3) is 0.143. The normalized spacial score (nSPS) is 12.1. The molecular weight excluding hydrogens is 505 g/mol. The van der Waals surface area contributed by atoms with Crippen molar-refractivity contribution in [1.82, 2.24) is 10.1 Å². The molecule has 0 unspecified atom stereocenters. The van der Waals surface area contributed by atoms with E-state index in [0.29, 0.717) is 0 Å². The van der Waals surface area contributed by atoms with Crippen molar-refractivity contribution < 1.29 is 40.0 Å². The van der Waals surface area contributed by atoms with Crippen molar-refractivity contribution in [2.24, 2.45) is 0 Å². The van der Waals surface area contributed by atoms with Crippen molar-refractivity contribution in [2.45, 2.75) is 19.1 Å². The van der Waals surface area contributed by atoms with Crippen molar-refractivity contribution in [3.63, 3.8) is 0 Å². The lowest BCUT2D eigenvalue weighted by molar-refractivity contribution is -0.274. The maximum absolute atomic E-state index is 14.4.